The van der Waals surface area contributed by atoms with Crippen LogP contribution >= 0.6 is 0 Å². The molecule has 0 spiro atoms. The van der Waals surface area contributed by atoms with Crippen LogP contribution in [0.4, 0.5) is 15.9 Å². The quantitative estimate of drug-likeness (QED) is 0.619. The van der Waals surface area contributed by atoms with Crippen LogP contribution in [0.15, 0.2) is 36.7 Å². The summed E-state index contributed by atoms with van der Waals surface area (Å²) in [4.78, 5) is 29.9. The van der Waals surface area contributed by atoms with Crippen molar-refractivity contribution in [1.82, 2.24) is 20.1 Å². The van der Waals surface area contributed by atoms with Crippen LogP contribution in [0, 0.1) is 5.82 Å². The number of amides is 2. The molecule has 0 aliphatic carbocycles. The van der Waals surface area contributed by atoms with Crippen molar-refractivity contribution >= 4 is 34.2 Å². The lowest BCUT2D eigenvalue weighted by atomic mass is 10.1. The first-order chi connectivity index (χ1) is 12.4. The van der Waals surface area contributed by atoms with Gasteiger partial charge in [0.25, 0.3) is 0 Å². The van der Waals surface area contributed by atoms with Gasteiger partial charge in [-0.15, -0.1) is 0 Å². The highest BCUT2D eigenvalue weighted by atomic mass is 19.1. The first-order valence-electron chi connectivity index (χ1n) is 7.80. The van der Waals surface area contributed by atoms with Crippen LogP contribution in [0.1, 0.15) is 18.5 Å². The summed E-state index contributed by atoms with van der Waals surface area (Å²) in [6.45, 7) is 1.64. The zero-order valence-electron chi connectivity index (χ0n) is 14.2. The first-order valence-corrected chi connectivity index (χ1v) is 7.80. The maximum atomic E-state index is 13.9. The molecule has 1 aromatic carbocycles. The number of pyridine rings is 1. The van der Waals surface area contributed by atoms with E-state index in [0.717, 1.165) is 0 Å². The van der Waals surface area contributed by atoms with Crippen molar-refractivity contribution in [3.05, 3.63) is 48.0 Å². The number of fused-ring (bicyclic) bond motifs is 1. The van der Waals surface area contributed by atoms with E-state index in [9.17, 15) is 14.0 Å². The SMILES string of the molecule is C[C@H](c1ccccc1F)N(C)C(=O)C(=O)Nc1cnc(N)c2cn[nH]c12. The summed E-state index contributed by atoms with van der Waals surface area (Å²) in [5.74, 6) is -1.88. The van der Waals surface area contributed by atoms with Crippen LogP contribution in [-0.2, 0) is 9.59 Å². The van der Waals surface area contributed by atoms with E-state index in [-0.39, 0.29) is 11.5 Å². The van der Waals surface area contributed by atoms with Crippen molar-refractivity contribution in [3.8, 4) is 0 Å². The molecular formula is C17H17FN6O2. The third-order valence-electron chi connectivity index (χ3n) is 4.22. The van der Waals surface area contributed by atoms with Crippen LogP contribution in [0.3, 0.4) is 0 Å². The number of likely N-dealkylation sites (N-methyl/N-ethyl adjacent to an activating group) is 1. The molecule has 0 fully saturated rings. The molecule has 134 valence electrons. The second kappa shape index (κ2) is 6.79. The number of hydrogen-bond donors (Lipinski definition) is 3. The van der Waals surface area contributed by atoms with Gasteiger partial charge in [-0.2, -0.15) is 5.10 Å². The molecule has 4 N–H and O–H groups in total. The second-order valence-electron chi connectivity index (χ2n) is 5.78. The smallest absolute Gasteiger partial charge is 0.314 e. The van der Waals surface area contributed by atoms with Gasteiger partial charge in [0.05, 0.1) is 35.0 Å². The summed E-state index contributed by atoms with van der Waals surface area (Å²) >= 11 is 0. The Kier molecular flexibility index (Phi) is 4.53. The van der Waals surface area contributed by atoms with Gasteiger partial charge in [-0.3, -0.25) is 14.7 Å². The standard InChI is InChI=1S/C17H17FN6O2/c1-9(10-5-3-4-6-12(10)18)24(2)17(26)16(25)22-13-8-20-15(19)11-7-21-23-14(11)13/h3-9H,1-2H3,(H2,19,20)(H,21,23)(H,22,25)/t9-/m1/s1. The molecule has 1 atom stereocenters. The molecule has 2 amide bonds. The largest absolute Gasteiger partial charge is 0.383 e. The zero-order valence-corrected chi connectivity index (χ0v) is 14.2. The maximum absolute atomic E-state index is 13.9. The molecule has 9 heteroatoms. The summed E-state index contributed by atoms with van der Waals surface area (Å²) in [5.41, 5.74) is 6.79. The summed E-state index contributed by atoms with van der Waals surface area (Å²) in [6.07, 6.45) is 2.81. The number of nitrogens with one attached hydrogen (secondary N) is 2. The molecule has 0 aliphatic heterocycles. The molecule has 0 aliphatic rings. The second-order valence-corrected chi connectivity index (χ2v) is 5.78. The van der Waals surface area contributed by atoms with Gasteiger partial charge in [-0.05, 0) is 13.0 Å². The number of halogens is 1. The lowest BCUT2D eigenvalue weighted by Crippen LogP contribution is -2.38. The van der Waals surface area contributed by atoms with E-state index in [1.165, 1.54) is 30.4 Å². The van der Waals surface area contributed by atoms with Crippen molar-refractivity contribution < 1.29 is 14.0 Å². The molecule has 0 unspecified atom stereocenters. The fourth-order valence-corrected chi connectivity index (χ4v) is 2.58. The van der Waals surface area contributed by atoms with Crippen molar-refractivity contribution in [2.45, 2.75) is 13.0 Å². The third kappa shape index (κ3) is 3.06. The number of anilines is 2. The molecule has 2 heterocycles. The Hall–Kier alpha value is -3.49. The number of carbonyl (C=O) groups is 2. The lowest BCUT2D eigenvalue weighted by Gasteiger charge is -2.25. The number of nitrogens with two attached hydrogens (primary N) is 1. The van der Waals surface area contributed by atoms with Gasteiger partial charge in [0.1, 0.15) is 11.6 Å². The predicted molar refractivity (Wildman–Crippen MR) is 94.5 cm³/mol. The predicted octanol–water partition coefficient (Wildman–Crippen LogP) is 1.84. The van der Waals surface area contributed by atoms with E-state index >= 15 is 0 Å². The van der Waals surface area contributed by atoms with Crippen LogP contribution in [0.5, 0.6) is 0 Å². The average molecular weight is 356 g/mol. The number of aromatic nitrogens is 3. The van der Waals surface area contributed by atoms with Crippen LogP contribution in [-0.4, -0.2) is 38.9 Å². The molecule has 2 aromatic heterocycles. The van der Waals surface area contributed by atoms with Gasteiger partial charge in [0.15, 0.2) is 0 Å². The Labute approximate surface area is 148 Å². The minimum absolute atomic E-state index is 0.253. The van der Waals surface area contributed by atoms with Crippen molar-refractivity contribution in [2.75, 3.05) is 18.1 Å². The minimum Gasteiger partial charge on any atom is -0.383 e. The highest BCUT2D eigenvalue weighted by molar-refractivity contribution is 6.40. The highest BCUT2D eigenvalue weighted by Gasteiger charge is 2.26. The first kappa shape index (κ1) is 17.3. The molecular weight excluding hydrogens is 339 g/mol. The number of carbonyl (C=O) groups excluding carboxylic acids is 2. The van der Waals surface area contributed by atoms with Crippen molar-refractivity contribution in [1.29, 1.82) is 0 Å². The summed E-state index contributed by atoms with van der Waals surface area (Å²) in [5, 5.41) is 9.57. The molecule has 3 rings (SSSR count). The van der Waals surface area contributed by atoms with E-state index in [4.69, 9.17) is 5.73 Å². The Morgan fingerprint density at radius 1 is 1.31 bits per heavy atom. The number of hydrogen-bond acceptors (Lipinski definition) is 5. The van der Waals surface area contributed by atoms with Gasteiger partial charge in [-0.25, -0.2) is 9.37 Å². The fourth-order valence-electron chi connectivity index (χ4n) is 2.58. The van der Waals surface area contributed by atoms with Gasteiger partial charge >= 0.3 is 11.8 Å². The summed E-state index contributed by atoms with van der Waals surface area (Å²) in [7, 11) is 1.44. The van der Waals surface area contributed by atoms with E-state index in [1.807, 2.05) is 0 Å². The molecule has 0 saturated heterocycles. The Morgan fingerprint density at radius 3 is 2.77 bits per heavy atom. The maximum Gasteiger partial charge on any atom is 0.314 e. The van der Waals surface area contributed by atoms with Crippen LogP contribution in [0.25, 0.3) is 10.9 Å². The van der Waals surface area contributed by atoms with Gasteiger partial charge < -0.3 is 16.0 Å². The zero-order chi connectivity index (χ0) is 18.8. The van der Waals surface area contributed by atoms with E-state index in [1.54, 1.807) is 25.1 Å². The Bertz CT molecular complexity index is 986. The van der Waals surface area contributed by atoms with E-state index in [2.05, 4.69) is 20.5 Å². The molecule has 3 aromatic rings. The molecule has 0 radical (unpaired) electrons. The number of benzene rings is 1. The lowest BCUT2D eigenvalue weighted by molar-refractivity contribution is -0.143. The molecule has 0 bridgehead atoms. The van der Waals surface area contributed by atoms with Crippen molar-refractivity contribution in [3.63, 3.8) is 0 Å². The fraction of sp³-hybridized carbons (Fsp3) is 0.176. The molecule has 0 saturated carbocycles. The van der Waals surface area contributed by atoms with Crippen LogP contribution < -0.4 is 11.1 Å². The minimum atomic E-state index is -0.877. The number of nitrogen functional groups attached to an aromatic ring is 1. The topological polar surface area (TPSA) is 117 Å². The molecule has 8 nitrogen and oxygen atoms in total. The van der Waals surface area contributed by atoms with Gasteiger partial charge in [0.2, 0.25) is 0 Å². The number of nitrogens with zero attached hydrogens (tertiary/aromatic N) is 3. The van der Waals surface area contributed by atoms with E-state index in [0.29, 0.717) is 16.5 Å². The van der Waals surface area contributed by atoms with Crippen molar-refractivity contribution in [2.24, 2.45) is 0 Å². The number of rotatable bonds is 3. The van der Waals surface area contributed by atoms with E-state index < -0.39 is 23.7 Å². The summed E-state index contributed by atoms with van der Waals surface area (Å²) in [6, 6.07) is 5.48. The normalized spacial score (nSPS) is 12.0. The summed E-state index contributed by atoms with van der Waals surface area (Å²) < 4.78 is 13.9. The monoisotopic (exact) mass is 356 g/mol. The van der Waals surface area contributed by atoms with Crippen LogP contribution in [0.2, 0.25) is 0 Å². The van der Waals surface area contributed by atoms with Gasteiger partial charge in [-0.1, -0.05) is 18.2 Å². The highest BCUT2D eigenvalue weighted by Crippen LogP contribution is 2.25. The Balaban J connectivity index is 1.79. The number of aromatic amines is 1. The number of H-pyrrole nitrogens is 1. The molecule has 26 heavy (non-hydrogen) atoms. The average Bonchev–Trinajstić information content (AvgIpc) is 3.13. The van der Waals surface area contributed by atoms with Gasteiger partial charge in [0, 0.05) is 12.6 Å². The Morgan fingerprint density at radius 2 is 2.04 bits per heavy atom. The third-order valence-corrected chi connectivity index (χ3v) is 4.22.